The Morgan fingerprint density at radius 2 is 1.52 bits per heavy atom. The highest BCUT2D eigenvalue weighted by molar-refractivity contribution is 6.08. The largest absolute Gasteiger partial charge is 0.493 e. The molecule has 23 heavy (non-hydrogen) atoms. The van der Waals surface area contributed by atoms with Crippen molar-refractivity contribution in [1.82, 2.24) is 0 Å². The fourth-order valence-electron chi connectivity index (χ4n) is 2.16. The van der Waals surface area contributed by atoms with Crippen LogP contribution in [0.15, 0.2) is 54.6 Å². The molecule has 0 aliphatic heterocycles. The lowest BCUT2D eigenvalue weighted by molar-refractivity contribution is 0.0114. The zero-order valence-corrected chi connectivity index (χ0v) is 13.2. The first-order chi connectivity index (χ1) is 11.1. The Kier molecular flexibility index (Phi) is 5.90. The molecule has 0 spiro atoms. The maximum absolute atomic E-state index is 12.3. The number of ether oxygens (including phenoxy) is 1. The number of aliphatic hydroxyl groups excluding tert-OH is 2. The first-order valence-corrected chi connectivity index (χ1v) is 7.68. The quantitative estimate of drug-likeness (QED) is 0.735. The molecule has 0 saturated heterocycles. The van der Waals surface area contributed by atoms with Crippen molar-refractivity contribution in [2.45, 2.75) is 13.3 Å². The molecule has 2 aromatic carbocycles. The molecule has 0 fully saturated rings. The van der Waals surface area contributed by atoms with Crippen molar-refractivity contribution >= 4 is 5.78 Å². The van der Waals surface area contributed by atoms with Crippen LogP contribution in [-0.2, 0) is 0 Å². The molecule has 0 radical (unpaired) electrons. The molecule has 0 aromatic heterocycles. The molecule has 122 valence electrons. The molecule has 0 atom stereocenters. The number of benzene rings is 2. The van der Waals surface area contributed by atoms with E-state index in [0.717, 1.165) is 0 Å². The maximum Gasteiger partial charge on any atom is 0.193 e. The zero-order valence-electron chi connectivity index (χ0n) is 13.2. The molecular weight excluding hydrogens is 292 g/mol. The highest BCUT2D eigenvalue weighted by Crippen LogP contribution is 2.23. The highest BCUT2D eigenvalue weighted by atomic mass is 16.5. The summed E-state index contributed by atoms with van der Waals surface area (Å²) in [5, 5.41) is 18.8. The van der Waals surface area contributed by atoms with Crippen molar-refractivity contribution < 1.29 is 19.7 Å². The number of rotatable bonds is 8. The van der Waals surface area contributed by atoms with Gasteiger partial charge in [0.15, 0.2) is 5.78 Å². The van der Waals surface area contributed by atoms with Gasteiger partial charge in [-0.1, -0.05) is 37.3 Å². The van der Waals surface area contributed by atoms with Crippen molar-refractivity contribution in [2.24, 2.45) is 5.41 Å². The van der Waals surface area contributed by atoms with Gasteiger partial charge in [0.2, 0.25) is 0 Å². The minimum atomic E-state index is -0.640. The second-order valence-corrected chi connectivity index (χ2v) is 5.68. The lowest BCUT2D eigenvalue weighted by Crippen LogP contribution is -2.35. The second kappa shape index (κ2) is 7.90. The van der Waals surface area contributed by atoms with Crippen molar-refractivity contribution in [1.29, 1.82) is 0 Å². The van der Waals surface area contributed by atoms with Gasteiger partial charge in [-0.05, 0) is 30.7 Å². The summed E-state index contributed by atoms with van der Waals surface area (Å²) in [4.78, 5) is 12.3. The van der Waals surface area contributed by atoms with E-state index in [2.05, 4.69) is 0 Å². The van der Waals surface area contributed by atoms with Crippen LogP contribution in [0.3, 0.4) is 0 Å². The van der Waals surface area contributed by atoms with E-state index in [9.17, 15) is 15.0 Å². The monoisotopic (exact) mass is 314 g/mol. The van der Waals surface area contributed by atoms with Crippen LogP contribution in [0.25, 0.3) is 0 Å². The molecule has 0 saturated carbocycles. The van der Waals surface area contributed by atoms with Gasteiger partial charge in [-0.25, -0.2) is 0 Å². The van der Waals surface area contributed by atoms with Crippen LogP contribution in [-0.4, -0.2) is 35.8 Å². The minimum absolute atomic E-state index is 0.0363. The SMILES string of the molecule is CCC(CO)(CO)COc1ccc(C(=O)c2ccccc2)cc1. The first kappa shape index (κ1) is 17.2. The lowest BCUT2D eigenvalue weighted by Gasteiger charge is -2.28. The van der Waals surface area contributed by atoms with Gasteiger partial charge in [0.25, 0.3) is 0 Å². The standard InChI is InChI=1S/C19H22O4/c1-2-19(12-20,13-21)14-23-17-10-8-16(9-11-17)18(22)15-6-4-3-5-7-15/h3-11,20-21H,2,12-14H2,1H3. The Morgan fingerprint density at radius 1 is 0.957 bits per heavy atom. The summed E-state index contributed by atoms with van der Waals surface area (Å²) < 4.78 is 5.65. The van der Waals surface area contributed by atoms with Crippen molar-refractivity contribution in [3.63, 3.8) is 0 Å². The molecule has 0 bridgehead atoms. The van der Waals surface area contributed by atoms with E-state index in [1.807, 2.05) is 25.1 Å². The van der Waals surface area contributed by atoms with Crippen molar-refractivity contribution in [3.05, 3.63) is 65.7 Å². The third kappa shape index (κ3) is 4.18. The molecule has 2 aromatic rings. The van der Waals surface area contributed by atoms with Crippen LogP contribution in [0, 0.1) is 5.41 Å². The van der Waals surface area contributed by atoms with Crippen LogP contribution in [0.5, 0.6) is 5.75 Å². The highest BCUT2D eigenvalue weighted by Gasteiger charge is 2.27. The molecule has 0 unspecified atom stereocenters. The average molecular weight is 314 g/mol. The number of hydrogen-bond acceptors (Lipinski definition) is 4. The van der Waals surface area contributed by atoms with Gasteiger partial charge in [0.1, 0.15) is 5.75 Å². The van der Waals surface area contributed by atoms with Crippen LogP contribution in [0.4, 0.5) is 0 Å². The Hall–Kier alpha value is -2.17. The first-order valence-electron chi connectivity index (χ1n) is 7.68. The number of hydrogen-bond donors (Lipinski definition) is 2. The molecule has 0 aliphatic carbocycles. The molecule has 2 rings (SSSR count). The van der Waals surface area contributed by atoms with Crippen LogP contribution in [0.1, 0.15) is 29.3 Å². The average Bonchev–Trinajstić information content (AvgIpc) is 2.64. The topological polar surface area (TPSA) is 66.8 Å². The summed E-state index contributed by atoms with van der Waals surface area (Å²) in [5.41, 5.74) is 0.597. The van der Waals surface area contributed by atoms with Gasteiger partial charge in [0, 0.05) is 11.1 Å². The summed E-state index contributed by atoms with van der Waals surface area (Å²) in [6.07, 6.45) is 0.616. The van der Waals surface area contributed by atoms with Gasteiger partial charge >= 0.3 is 0 Å². The third-order valence-corrected chi connectivity index (χ3v) is 4.12. The molecule has 0 heterocycles. The fourth-order valence-corrected chi connectivity index (χ4v) is 2.16. The lowest BCUT2D eigenvalue weighted by atomic mass is 9.88. The van der Waals surface area contributed by atoms with Crippen LogP contribution in [0.2, 0.25) is 0 Å². The van der Waals surface area contributed by atoms with Gasteiger partial charge in [-0.2, -0.15) is 0 Å². The molecule has 0 amide bonds. The van der Waals surface area contributed by atoms with E-state index in [4.69, 9.17) is 4.74 Å². The molecular formula is C19H22O4. The smallest absolute Gasteiger partial charge is 0.193 e. The number of ketones is 1. The van der Waals surface area contributed by atoms with Crippen LogP contribution < -0.4 is 4.74 Å². The molecule has 2 N–H and O–H groups in total. The Bertz CT molecular complexity index is 607. The van der Waals surface area contributed by atoms with Gasteiger partial charge in [-0.15, -0.1) is 0 Å². The van der Waals surface area contributed by atoms with E-state index >= 15 is 0 Å². The number of carbonyl (C=O) groups excluding carboxylic acids is 1. The predicted octanol–water partition coefficient (Wildman–Crippen LogP) is 2.68. The normalized spacial score (nSPS) is 11.3. The summed E-state index contributed by atoms with van der Waals surface area (Å²) >= 11 is 0. The fraction of sp³-hybridized carbons (Fsp3) is 0.316. The minimum Gasteiger partial charge on any atom is -0.493 e. The third-order valence-electron chi connectivity index (χ3n) is 4.12. The number of carbonyl (C=O) groups is 1. The van der Waals surface area contributed by atoms with Crippen molar-refractivity contribution in [2.75, 3.05) is 19.8 Å². The predicted molar refractivity (Wildman–Crippen MR) is 88.7 cm³/mol. The van der Waals surface area contributed by atoms with Gasteiger partial charge < -0.3 is 14.9 Å². The Balaban J connectivity index is 2.04. The summed E-state index contributed by atoms with van der Waals surface area (Å²) in [7, 11) is 0. The van der Waals surface area contributed by atoms with Gasteiger partial charge in [0.05, 0.1) is 25.2 Å². The van der Waals surface area contributed by atoms with E-state index in [1.165, 1.54) is 0 Å². The second-order valence-electron chi connectivity index (χ2n) is 5.68. The van der Waals surface area contributed by atoms with Gasteiger partial charge in [-0.3, -0.25) is 4.79 Å². The molecule has 0 aliphatic rings. The Labute approximate surface area is 136 Å². The maximum atomic E-state index is 12.3. The number of aliphatic hydroxyl groups is 2. The zero-order chi connectivity index (χ0) is 16.7. The summed E-state index contributed by atoms with van der Waals surface area (Å²) in [6.45, 7) is 1.86. The van der Waals surface area contributed by atoms with Crippen molar-refractivity contribution in [3.8, 4) is 5.75 Å². The molecule has 4 heteroatoms. The van der Waals surface area contributed by atoms with E-state index in [0.29, 0.717) is 23.3 Å². The summed E-state index contributed by atoms with van der Waals surface area (Å²) in [6, 6.07) is 16.0. The summed E-state index contributed by atoms with van der Waals surface area (Å²) in [5.74, 6) is 0.570. The van der Waals surface area contributed by atoms with Crippen LogP contribution >= 0.6 is 0 Å². The molecule has 4 nitrogen and oxygen atoms in total. The Morgan fingerprint density at radius 3 is 2.04 bits per heavy atom. The van der Waals surface area contributed by atoms with E-state index in [1.54, 1.807) is 36.4 Å². The van der Waals surface area contributed by atoms with E-state index in [-0.39, 0.29) is 25.6 Å². The van der Waals surface area contributed by atoms with E-state index < -0.39 is 5.41 Å².